The minimum atomic E-state index is -0.429. The molecule has 0 bridgehead atoms. The number of rotatable bonds is 6. The van der Waals surface area contributed by atoms with Crippen LogP contribution in [0, 0.1) is 0 Å². The van der Waals surface area contributed by atoms with Crippen LogP contribution in [0.15, 0.2) is 42.5 Å². The Hall–Kier alpha value is -3.42. The predicted molar refractivity (Wildman–Crippen MR) is 92.9 cm³/mol. The number of hydrogen-bond donors (Lipinski definition) is 2. The van der Waals surface area contributed by atoms with Crippen LogP contribution in [0.3, 0.4) is 0 Å². The highest BCUT2D eigenvalue weighted by Crippen LogP contribution is 2.34. The smallest absolute Gasteiger partial charge is 0.337 e. The minimum Gasteiger partial charge on any atom is -0.492 e. The largest absolute Gasteiger partial charge is 0.492 e. The lowest BCUT2D eigenvalue weighted by Gasteiger charge is -2.10. The van der Waals surface area contributed by atoms with Gasteiger partial charge in [0.1, 0.15) is 12.4 Å². The molecule has 26 heavy (non-hydrogen) atoms. The average Bonchev–Trinajstić information content (AvgIpc) is 3.13. The summed E-state index contributed by atoms with van der Waals surface area (Å²) in [5, 5.41) is 5.34. The normalized spacial score (nSPS) is 11.6. The zero-order valence-electron chi connectivity index (χ0n) is 14.1. The summed E-state index contributed by atoms with van der Waals surface area (Å²) in [6.45, 7) is 0.829. The Bertz CT molecular complexity index is 791. The number of esters is 1. The molecule has 8 heteroatoms. The van der Waals surface area contributed by atoms with Gasteiger partial charge in [-0.05, 0) is 36.4 Å². The fraction of sp³-hybridized carbons (Fsp3) is 0.222. The van der Waals surface area contributed by atoms with Gasteiger partial charge in [0.05, 0.1) is 19.2 Å². The molecule has 0 saturated heterocycles. The summed E-state index contributed by atoms with van der Waals surface area (Å²) in [7, 11) is 1.31. The second kappa shape index (κ2) is 8.11. The van der Waals surface area contributed by atoms with E-state index in [0.29, 0.717) is 41.7 Å². The number of hydrogen-bond acceptors (Lipinski definition) is 6. The van der Waals surface area contributed by atoms with Crippen LogP contribution in [0.2, 0.25) is 0 Å². The molecule has 0 aromatic heterocycles. The Labute approximate surface area is 150 Å². The lowest BCUT2D eigenvalue weighted by atomic mass is 10.2. The number of fused-ring (bicyclic) bond motifs is 1. The van der Waals surface area contributed by atoms with Crippen molar-refractivity contribution in [1.82, 2.24) is 5.32 Å². The molecule has 2 aromatic rings. The van der Waals surface area contributed by atoms with Crippen LogP contribution < -0.4 is 24.8 Å². The molecule has 0 aliphatic carbocycles. The molecule has 0 radical (unpaired) electrons. The van der Waals surface area contributed by atoms with Gasteiger partial charge in [-0.1, -0.05) is 0 Å². The Morgan fingerprint density at radius 2 is 1.85 bits per heavy atom. The summed E-state index contributed by atoms with van der Waals surface area (Å²) < 4.78 is 20.7. The summed E-state index contributed by atoms with van der Waals surface area (Å²) in [5.41, 5.74) is 0.974. The van der Waals surface area contributed by atoms with Crippen LogP contribution in [0.5, 0.6) is 17.2 Å². The molecule has 2 aromatic carbocycles. The van der Waals surface area contributed by atoms with Crippen molar-refractivity contribution in [3.63, 3.8) is 0 Å². The van der Waals surface area contributed by atoms with Crippen LogP contribution in [-0.4, -0.2) is 39.1 Å². The predicted octanol–water partition coefficient (Wildman–Crippen LogP) is 2.40. The number of nitrogens with one attached hydrogen (secondary N) is 2. The molecule has 0 fully saturated rings. The van der Waals surface area contributed by atoms with Crippen molar-refractivity contribution in [3.05, 3.63) is 48.0 Å². The van der Waals surface area contributed by atoms with E-state index >= 15 is 0 Å². The van der Waals surface area contributed by atoms with Gasteiger partial charge in [0, 0.05) is 11.8 Å². The van der Waals surface area contributed by atoms with Crippen molar-refractivity contribution in [2.75, 3.05) is 32.4 Å². The second-order valence-corrected chi connectivity index (χ2v) is 5.31. The standard InChI is InChI=1S/C18H18N2O6/c1-23-17(21)12-2-4-13(5-3-12)20-18(22)19-8-9-24-14-6-7-15-16(10-14)26-11-25-15/h2-7,10H,8-9,11H2,1H3,(H2,19,20,22). The second-order valence-electron chi connectivity index (χ2n) is 5.31. The van der Waals surface area contributed by atoms with Crippen molar-refractivity contribution < 1.29 is 28.5 Å². The Morgan fingerprint density at radius 3 is 2.62 bits per heavy atom. The minimum absolute atomic E-state index is 0.209. The molecular weight excluding hydrogens is 340 g/mol. The highest BCUT2D eigenvalue weighted by atomic mass is 16.7. The fourth-order valence-electron chi connectivity index (χ4n) is 2.28. The third kappa shape index (κ3) is 4.35. The Morgan fingerprint density at radius 1 is 1.08 bits per heavy atom. The topological polar surface area (TPSA) is 95.1 Å². The number of anilines is 1. The third-order valence-electron chi connectivity index (χ3n) is 3.56. The SMILES string of the molecule is COC(=O)c1ccc(NC(=O)NCCOc2ccc3c(c2)OCO3)cc1. The highest BCUT2D eigenvalue weighted by Gasteiger charge is 2.13. The van der Waals surface area contributed by atoms with Gasteiger partial charge in [-0.2, -0.15) is 0 Å². The van der Waals surface area contributed by atoms with E-state index in [0.717, 1.165) is 0 Å². The first-order valence-electron chi connectivity index (χ1n) is 7.91. The number of benzene rings is 2. The summed E-state index contributed by atoms with van der Waals surface area (Å²) >= 11 is 0. The fourth-order valence-corrected chi connectivity index (χ4v) is 2.28. The van der Waals surface area contributed by atoms with Crippen molar-refractivity contribution in [1.29, 1.82) is 0 Å². The average molecular weight is 358 g/mol. The first-order valence-corrected chi connectivity index (χ1v) is 7.91. The van der Waals surface area contributed by atoms with Gasteiger partial charge < -0.3 is 29.6 Å². The molecule has 1 aliphatic heterocycles. The van der Waals surface area contributed by atoms with Gasteiger partial charge in [0.15, 0.2) is 11.5 Å². The molecule has 1 aliphatic rings. The maximum Gasteiger partial charge on any atom is 0.337 e. The number of carbonyl (C=O) groups is 2. The van der Waals surface area contributed by atoms with Crippen molar-refractivity contribution in [2.45, 2.75) is 0 Å². The Balaban J connectivity index is 1.39. The number of ether oxygens (including phenoxy) is 4. The van der Waals surface area contributed by atoms with Gasteiger partial charge in [0.2, 0.25) is 6.79 Å². The van der Waals surface area contributed by atoms with E-state index in [-0.39, 0.29) is 12.8 Å². The lowest BCUT2D eigenvalue weighted by molar-refractivity contribution is 0.0600. The molecule has 3 rings (SSSR count). The summed E-state index contributed by atoms with van der Waals surface area (Å²) in [4.78, 5) is 23.2. The molecule has 0 saturated carbocycles. The first-order chi connectivity index (χ1) is 12.7. The van der Waals surface area contributed by atoms with Crippen LogP contribution in [-0.2, 0) is 4.74 Å². The van der Waals surface area contributed by atoms with E-state index in [1.54, 1.807) is 42.5 Å². The maximum atomic E-state index is 11.8. The summed E-state index contributed by atoms with van der Waals surface area (Å²) in [6.07, 6.45) is 0. The van der Waals surface area contributed by atoms with Gasteiger partial charge in [-0.3, -0.25) is 0 Å². The summed E-state index contributed by atoms with van der Waals surface area (Å²) in [6, 6.07) is 11.3. The number of urea groups is 1. The van der Waals surface area contributed by atoms with Crippen LogP contribution in [0.1, 0.15) is 10.4 Å². The van der Waals surface area contributed by atoms with E-state index in [1.807, 2.05) is 0 Å². The van der Waals surface area contributed by atoms with Crippen molar-refractivity contribution >= 4 is 17.7 Å². The van der Waals surface area contributed by atoms with Gasteiger partial charge in [-0.25, -0.2) is 9.59 Å². The van der Waals surface area contributed by atoms with Gasteiger partial charge in [-0.15, -0.1) is 0 Å². The highest BCUT2D eigenvalue weighted by molar-refractivity contribution is 5.92. The number of carbonyl (C=O) groups excluding carboxylic acids is 2. The lowest BCUT2D eigenvalue weighted by Crippen LogP contribution is -2.32. The third-order valence-corrected chi connectivity index (χ3v) is 3.56. The summed E-state index contributed by atoms with van der Waals surface area (Å²) in [5.74, 6) is 1.54. The van der Waals surface area contributed by atoms with Crippen LogP contribution in [0.4, 0.5) is 10.5 Å². The van der Waals surface area contributed by atoms with Gasteiger partial charge in [0.25, 0.3) is 0 Å². The molecule has 1 heterocycles. The maximum absolute atomic E-state index is 11.8. The van der Waals surface area contributed by atoms with E-state index in [4.69, 9.17) is 14.2 Å². The van der Waals surface area contributed by atoms with E-state index in [1.165, 1.54) is 7.11 Å². The number of amides is 2. The zero-order valence-corrected chi connectivity index (χ0v) is 14.1. The van der Waals surface area contributed by atoms with E-state index in [9.17, 15) is 9.59 Å². The number of methoxy groups -OCH3 is 1. The quantitative estimate of drug-likeness (QED) is 0.608. The molecule has 0 unspecified atom stereocenters. The molecule has 136 valence electrons. The molecule has 8 nitrogen and oxygen atoms in total. The first kappa shape index (κ1) is 17.4. The zero-order chi connectivity index (χ0) is 18.4. The molecular formula is C18H18N2O6. The monoisotopic (exact) mass is 358 g/mol. The van der Waals surface area contributed by atoms with E-state index < -0.39 is 5.97 Å². The van der Waals surface area contributed by atoms with Crippen molar-refractivity contribution in [2.24, 2.45) is 0 Å². The molecule has 2 amide bonds. The molecule has 2 N–H and O–H groups in total. The molecule has 0 spiro atoms. The van der Waals surface area contributed by atoms with Crippen LogP contribution >= 0.6 is 0 Å². The van der Waals surface area contributed by atoms with Gasteiger partial charge >= 0.3 is 12.0 Å². The molecule has 0 atom stereocenters. The van der Waals surface area contributed by atoms with E-state index in [2.05, 4.69) is 15.4 Å². The Kier molecular flexibility index (Phi) is 5.43. The van der Waals surface area contributed by atoms with Crippen molar-refractivity contribution in [3.8, 4) is 17.2 Å². The van der Waals surface area contributed by atoms with Crippen LogP contribution in [0.25, 0.3) is 0 Å².